The lowest BCUT2D eigenvalue weighted by atomic mass is 9.91. The fraction of sp³-hybridized carbons (Fsp3) is 0.286. The molecule has 0 spiro atoms. The zero-order chi connectivity index (χ0) is 34.1. The van der Waals surface area contributed by atoms with Gasteiger partial charge < -0.3 is 14.5 Å². The van der Waals surface area contributed by atoms with E-state index in [2.05, 4.69) is 15.0 Å². The molecule has 0 unspecified atom stereocenters. The fourth-order valence-electron chi connectivity index (χ4n) is 4.48. The second-order valence-electron chi connectivity index (χ2n) is 9.90. The minimum absolute atomic E-state index is 0.192. The predicted molar refractivity (Wildman–Crippen MR) is 176 cm³/mol. The van der Waals surface area contributed by atoms with Crippen LogP contribution in [0, 0.1) is 13.8 Å². The molecule has 0 atom stereocenters. The summed E-state index contributed by atoms with van der Waals surface area (Å²) in [6.45, 7) is 9.49. The van der Waals surface area contributed by atoms with Gasteiger partial charge in [-0.1, -0.05) is 57.0 Å². The maximum atomic E-state index is 12.9. The third-order valence-corrected chi connectivity index (χ3v) is 7.28. The molecule has 3 aromatic carbocycles. The molecular weight excluding hydrogens is 624 g/mol. The number of hydrogen-bond acceptors (Lipinski definition) is 4. The average molecular weight is 663 g/mol. The summed E-state index contributed by atoms with van der Waals surface area (Å²) >= 11 is 1.42. The quantitative estimate of drug-likeness (QED) is 0.0924. The van der Waals surface area contributed by atoms with Crippen LogP contribution in [0.25, 0.3) is 33.4 Å². The molecule has 3 N–H and O–H groups in total. The summed E-state index contributed by atoms with van der Waals surface area (Å²) in [6.07, 6.45) is -8.84. The van der Waals surface area contributed by atoms with Crippen LogP contribution in [0.2, 0.25) is 0 Å². The summed E-state index contributed by atoms with van der Waals surface area (Å²) in [5.74, 6) is 0.274. The number of nitrogens with one attached hydrogen (secondary N) is 3. The smallest absolute Gasteiger partial charge is 0.448 e. The molecule has 4 nitrogen and oxygen atoms in total. The molecule has 0 bridgehead atoms. The zero-order valence-electron chi connectivity index (χ0n) is 26.5. The van der Waals surface area contributed by atoms with Gasteiger partial charge in [0, 0.05) is 44.8 Å². The summed E-state index contributed by atoms with van der Waals surface area (Å²) in [5, 5.41) is 3.18. The van der Waals surface area contributed by atoms with Crippen molar-refractivity contribution in [3.05, 3.63) is 95.3 Å². The van der Waals surface area contributed by atoms with Gasteiger partial charge in [-0.15, -0.1) is 0 Å². The first-order chi connectivity index (χ1) is 21.8. The molecule has 0 amide bonds. The molecule has 1 heterocycles. The maximum absolute atomic E-state index is 12.9. The Morgan fingerprint density at radius 2 is 1.39 bits per heavy atom. The van der Waals surface area contributed by atoms with Crippen LogP contribution in [0.3, 0.4) is 0 Å². The van der Waals surface area contributed by atoms with E-state index in [1.807, 2.05) is 84.0 Å². The lowest BCUT2D eigenvalue weighted by molar-refractivity contribution is -0.536. The number of hydrogen-bond donors (Lipinski definition) is 3. The van der Waals surface area contributed by atoms with Gasteiger partial charge in [0.2, 0.25) is 11.9 Å². The molecule has 1 aliphatic carbocycles. The highest BCUT2D eigenvalue weighted by molar-refractivity contribution is 8.00. The summed E-state index contributed by atoms with van der Waals surface area (Å²) in [7, 11) is 0. The Morgan fingerprint density at radius 1 is 0.717 bits per heavy atom. The summed E-state index contributed by atoms with van der Waals surface area (Å²) < 4.78 is 86.7. The largest absolute Gasteiger partial charge is 0.456 e. The second kappa shape index (κ2) is 15.9. The van der Waals surface area contributed by atoms with E-state index in [1.165, 1.54) is 24.1 Å². The molecule has 0 saturated heterocycles. The monoisotopic (exact) mass is 662 g/mol. The lowest BCUT2D eigenvalue weighted by Crippen LogP contribution is -2.79. The van der Waals surface area contributed by atoms with Gasteiger partial charge in [-0.25, -0.2) is 4.99 Å². The van der Waals surface area contributed by atoms with Crippen LogP contribution in [0.15, 0.2) is 88.2 Å². The Hall–Kier alpha value is -4.12. The zero-order valence-corrected chi connectivity index (χ0v) is 27.3. The molecule has 11 heteroatoms. The van der Waals surface area contributed by atoms with Crippen LogP contribution < -0.4 is 20.4 Å². The van der Waals surface area contributed by atoms with Gasteiger partial charge in [0.25, 0.3) is 0 Å². The average Bonchev–Trinajstić information content (AvgIpc) is 3.03. The first-order valence-electron chi connectivity index (χ1n) is 14.9. The lowest BCUT2D eigenvalue weighted by Gasteiger charge is -2.19. The van der Waals surface area contributed by atoms with Gasteiger partial charge in [-0.2, -0.15) is 26.3 Å². The normalized spacial score (nSPS) is 11.9. The van der Waals surface area contributed by atoms with Crippen molar-refractivity contribution in [3.8, 4) is 22.5 Å². The molecule has 0 aromatic heterocycles. The van der Waals surface area contributed by atoms with Crippen molar-refractivity contribution in [1.29, 1.82) is 0 Å². The number of fused-ring (bicyclic) bond motifs is 2. The van der Waals surface area contributed by atoms with Crippen LogP contribution >= 0.6 is 11.9 Å². The van der Waals surface area contributed by atoms with E-state index < -0.39 is 25.4 Å². The molecule has 0 fully saturated rings. The molecular formula is C35H38F6N3OS+. The van der Waals surface area contributed by atoms with Crippen molar-refractivity contribution < 1.29 is 35.8 Å². The summed E-state index contributed by atoms with van der Waals surface area (Å²) in [4.78, 5) is 3.35. The highest BCUT2D eigenvalue weighted by Crippen LogP contribution is 2.44. The number of rotatable bonds is 7. The highest BCUT2D eigenvalue weighted by Gasteiger charge is 2.31. The number of aryl methyl sites for hydroxylation is 2. The van der Waals surface area contributed by atoms with Gasteiger partial charge >= 0.3 is 12.4 Å². The standard InChI is InChI=1S/C31H25F6N3OS.2C2H6/c1-18-3-8-22(9-4-18)42-40-26-12-5-19(2)13-25(26)29-23-10-6-20(38-16-30(32,33)34)14-27(23)41-28-15-21(7-11-24(28)29)39-17-31(35,36)37;2*1-2/h3-15,38,40H,16-17H2,1-2H3;2*1-2H3/p+1. The van der Waals surface area contributed by atoms with E-state index in [-0.39, 0.29) is 22.4 Å². The van der Waals surface area contributed by atoms with Gasteiger partial charge in [0.05, 0.1) is 11.8 Å². The van der Waals surface area contributed by atoms with E-state index in [4.69, 9.17) is 4.42 Å². The van der Waals surface area contributed by atoms with Crippen LogP contribution in [-0.2, 0) is 0 Å². The van der Waals surface area contributed by atoms with Gasteiger partial charge in [0.1, 0.15) is 17.9 Å². The molecule has 0 radical (unpaired) electrons. The van der Waals surface area contributed by atoms with Crippen LogP contribution in [-0.4, -0.2) is 25.4 Å². The SMILES string of the molecule is CC.CC.Cc1ccc(SNc2ccc(C)cc2-c2c3ccc(=[NH+]CC(F)(F)F)cc-3oc3cc(NCC(F)(F)F)ccc23)cc1. The van der Waals surface area contributed by atoms with Crippen LogP contribution in [0.1, 0.15) is 38.8 Å². The van der Waals surface area contributed by atoms with Crippen molar-refractivity contribution >= 4 is 34.3 Å². The van der Waals surface area contributed by atoms with Gasteiger partial charge in [0.15, 0.2) is 0 Å². The first kappa shape index (κ1) is 36.3. The molecule has 5 rings (SSSR count). The minimum Gasteiger partial charge on any atom is -0.456 e. The van der Waals surface area contributed by atoms with E-state index >= 15 is 0 Å². The van der Waals surface area contributed by atoms with E-state index in [1.54, 1.807) is 24.3 Å². The van der Waals surface area contributed by atoms with Gasteiger partial charge in [-0.3, -0.25) is 0 Å². The number of anilines is 2. The molecule has 46 heavy (non-hydrogen) atoms. The Bertz CT molecular complexity index is 1760. The van der Waals surface area contributed by atoms with E-state index in [9.17, 15) is 26.3 Å². The number of benzene rings is 4. The fourth-order valence-corrected chi connectivity index (χ4v) is 5.16. The first-order valence-corrected chi connectivity index (χ1v) is 15.7. The third kappa shape index (κ3) is 9.94. The summed E-state index contributed by atoms with van der Waals surface area (Å²) in [6, 6.07) is 23.3. The van der Waals surface area contributed by atoms with Gasteiger partial charge in [-0.05, 0) is 68.3 Å². The van der Waals surface area contributed by atoms with Crippen LogP contribution in [0.5, 0.6) is 0 Å². The predicted octanol–water partition coefficient (Wildman–Crippen LogP) is 9.51. The molecule has 0 saturated carbocycles. The van der Waals surface area contributed by atoms with Crippen molar-refractivity contribution in [2.75, 3.05) is 23.1 Å². The molecule has 1 aliphatic heterocycles. The Kier molecular flexibility index (Phi) is 12.6. The summed E-state index contributed by atoms with van der Waals surface area (Å²) in [5.41, 5.74) is 5.50. The van der Waals surface area contributed by atoms with Crippen molar-refractivity contribution in [2.45, 2.75) is 58.8 Å². The Morgan fingerprint density at radius 3 is 2.04 bits per heavy atom. The van der Waals surface area contributed by atoms with Crippen molar-refractivity contribution in [3.63, 3.8) is 0 Å². The Balaban J connectivity index is 0.00000139. The topological polar surface area (TPSA) is 51.2 Å². The molecule has 246 valence electrons. The second-order valence-corrected chi connectivity index (χ2v) is 10.8. The van der Waals surface area contributed by atoms with Crippen molar-refractivity contribution in [2.24, 2.45) is 0 Å². The van der Waals surface area contributed by atoms with E-state index in [0.717, 1.165) is 32.8 Å². The number of halogens is 6. The number of alkyl halides is 6. The maximum Gasteiger partial charge on any atom is 0.448 e. The molecule has 2 aliphatic rings. The van der Waals surface area contributed by atoms with Crippen molar-refractivity contribution in [1.82, 2.24) is 0 Å². The molecule has 3 aromatic rings. The Labute approximate surface area is 269 Å². The highest BCUT2D eigenvalue weighted by atomic mass is 32.2. The minimum atomic E-state index is -4.42. The van der Waals surface area contributed by atoms with E-state index in [0.29, 0.717) is 10.9 Å². The third-order valence-electron chi connectivity index (χ3n) is 6.45. The van der Waals surface area contributed by atoms with Crippen LogP contribution in [0.4, 0.5) is 37.7 Å².